The Morgan fingerprint density at radius 1 is 0.902 bits per heavy atom. The first-order chi connectivity index (χ1) is 19.6. The zero-order chi connectivity index (χ0) is 31.6. The normalized spacial score (nSPS) is 11.3. The highest BCUT2D eigenvalue weighted by atomic mass is 16.5. The van der Waals surface area contributed by atoms with Crippen molar-refractivity contribution in [2.45, 2.75) is 133 Å². The molecule has 0 saturated heterocycles. The predicted octanol–water partition coefficient (Wildman–Crippen LogP) is 11.9. The van der Waals surface area contributed by atoms with Crippen molar-refractivity contribution in [3.05, 3.63) is 83.5 Å². The number of Topliss-reactive ketones (excluding diaryl/α,β-unsaturated/α-hetero) is 1. The SMILES string of the molecule is C/C=C(\C)C(C)=O.C=CC.CC.CCCC(CCCCCc1cccc(-c2cc(CCC(C)C)ccc2C)c1)OC. The Balaban J connectivity index is 0. The third-order valence-corrected chi connectivity index (χ3v) is 6.97. The van der Waals surface area contributed by atoms with E-state index >= 15 is 0 Å². The molecule has 1 atom stereocenters. The van der Waals surface area contributed by atoms with E-state index in [2.05, 4.69) is 76.7 Å². The summed E-state index contributed by atoms with van der Waals surface area (Å²) in [5.41, 5.74) is 7.90. The number of aryl methyl sites for hydroxylation is 3. The van der Waals surface area contributed by atoms with Crippen molar-refractivity contribution in [2.75, 3.05) is 7.11 Å². The first kappa shape index (κ1) is 40.7. The van der Waals surface area contributed by atoms with Gasteiger partial charge in [0.2, 0.25) is 0 Å². The minimum absolute atomic E-state index is 0.155. The molecule has 0 bridgehead atoms. The first-order valence-electron chi connectivity index (χ1n) is 16.1. The van der Waals surface area contributed by atoms with Crippen molar-refractivity contribution in [1.29, 1.82) is 0 Å². The molecule has 0 spiro atoms. The molecule has 0 saturated carbocycles. The van der Waals surface area contributed by atoms with Crippen LogP contribution in [-0.2, 0) is 22.4 Å². The second-order valence-corrected chi connectivity index (χ2v) is 11.0. The van der Waals surface area contributed by atoms with E-state index in [0.717, 1.165) is 11.5 Å². The fourth-order valence-corrected chi connectivity index (χ4v) is 4.27. The molecule has 2 nitrogen and oxygen atoms in total. The van der Waals surface area contributed by atoms with Crippen LogP contribution in [0.2, 0.25) is 0 Å². The zero-order valence-electron chi connectivity index (χ0n) is 28.7. The highest BCUT2D eigenvalue weighted by molar-refractivity contribution is 5.92. The number of benzene rings is 2. The standard InChI is InChI=1S/C28H42O.C6H10O.C3H6.C2H6/c1-6-11-27(29-5)15-9-7-8-12-24-13-10-14-26(20-24)28-21-25(18-16-22(2)3)19-17-23(28)4;1-4-5(2)6(3)7;1-3-2;1-2/h10,13-14,17,19-22,27H,6-9,11-12,15-16,18H2,1-5H3;4H,1-3H3;3H,1H2,2H3;1-2H3/b;5-4+;;. The lowest BCUT2D eigenvalue weighted by atomic mass is 9.93. The van der Waals surface area contributed by atoms with Crippen LogP contribution in [-0.4, -0.2) is 19.0 Å². The summed E-state index contributed by atoms with van der Waals surface area (Å²) < 4.78 is 5.57. The molecular formula is C39H64O2. The minimum Gasteiger partial charge on any atom is -0.381 e. The molecule has 0 aliphatic heterocycles. The number of rotatable bonds is 14. The summed E-state index contributed by atoms with van der Waals surface area (Å²) in [6.45, 7) is 23.6. The smallest absolute Gasteiger partial charge is 0.155 e. The summed E-state index contributed by atoms with van der Waals surface area (Å²) in [7, 11) is 1.85. The van der Waals surface area contributed by atoms with Gasteiger partial charge in [0.25, 0.3) is 0 Å². The van der Waals surface area contributed by atoms with Gasteiger partial charge in [0, 0.05) is 7.11 Å². The Bertz CT molecular complexity index is 967. The van der Waals surface area contributed by atoms with E-state index in [0.29, 0.717) is 6.10 Å². The summed E-state index contributed by atoms with van der Waals surface area (Å²) in [6.07, 6.45) is 15.0. The van der Waals surface area contributed by atoms with Crippen LogP contribution in [0.25, 0.3) is 11.1 Å². The average Bonchev–Trinajstić information content (AvgIpc) is 2.97. The molecule has 232 valence electrons. The zero-order valence-corrected chi connectivity index (χ0v) is 28.7. The van der Waals surface area contributed by atoms with E-state index in [-0.39, 0.29) is 5.78 Å². The summed E-state index contributed by atoms with van der Waals surface area (Å²) >= 11 is 0. The molecule has 2 rings (SSSR count). The maximum Gasteiger partial charge on any atom is 0.155 e. The maximum absolute atomic E-state index is 10.3. The fourth-order valence-electron chi connectivity index (χ4n) is 4.27. The second kappa shape index (κ2) is 26.4. The minimum atomic E-state index is 0.155. The number of methoxy groups -OCH3 is 1. The summed E-state index contributed by atoms with van der Waals surface area (Å²) in [6, 6.07) is 16.2. The van der Waals surface area contributed by atoms with Crippen molar-refractivity contribution in [1.82, 2.24) is 0 Å². The van der Waals surface area contributed by atoms with E-state index in [1.54, 1.807) is 13.0 Å². The molecule has 0 radical (unpaired) electrons. The van der Waals surface area contributed by atoms with Gasteiger partial charge in [0.05, 0.1) is 6.10 Å². The van der Waals surface area contributed by atoms with Crippen molar-refractivity contribution in [3.63, 3.8) is 0 Å². The summed E-state index contributed by atoms with van der Waals surface area (Å²) in [5, 5.41) is 0. The van der Waals surface area contributed by atoms with Crippen molar-refractivity contribution >= 4 is 5.78 Å². The molecule has 41 heavy (non-hydrogen) atoms. The van der Waals surface area contributed by atoms with E-state index in [9.17, 15) is 4.79 Å². The van der Waals surface area contributed by atoms with Crippen LogP contribution in [0, 0.1) is 12.8 Å². The number of allylic oxidation sites excluding steroid dienone is 3. The Labute approximate surface area is 255 Å². The van der Waals surface area contributed by atoms with Crippen LogP contribution in [0.3, 0.4) is 0 Å². The quantitative estimate of drug-likeness (QED) is 0.130. The number of ether oxygens (including phenoxy) is 1. The molecule has 0 fully saturated rings. The summed E-state index contributed by atoms with van der Waals surface area (Å²) in [5.74, 6) is 0.909. The molecule has 2 aromatic rings. The van der Waals surface area contributed by atoms with Gasteiger partial charge in [-0.2, -0.15) is 0 Å². The Kier molecular flexibility index (Phi) is 26.2. The molecule has 0 aliphatic rings. The van der Waals surface area contributed by atoms with Crippen LogP contribution >= 0.6 is 0 Å². The van der Waals surface area contributed by atoms with Crippen molar-refractivity contribution < 1.29 is 9.53 Å². The van der Waals surface area contributed by atoms with Gasteiger partial charge in [-0.15, -0.1) is 6.58 Å². The number of unbranched alkanes of at least 4 members (excludes halogenated alkanes) is 2. The number of ketones is 1. The molecule has 0 heterocycles. The average molecular weight is 565 g/mol. The molecule has 0 amide bonds. The number of hydrogen-bond donors (Lipinski definition) is 0. The highest BCUT2D eigenvalue weighted by Gasteiger charge is 2.07. The van der Waals surface area contributed by atoms with Gasteiger partial charge in [0.1, 0.15) is 0 Å². The van der Waals surface area contributed by atoms with E-state index < -0.39 is 0 Å². The van der Waals surface area contributed by atoms with Gasteiger partial charge < -0.3 is 4.74 Å². The first-order valence-corrected chi connectivity index (χ1v) is 16.1. The molecule has 0 aromatic heterocycles. The van der Waals surface area contributed by atoms with Crippen LogP contribution in [0.1, 0.15) is 124 Å². The van der Waals surface area contributed by atoms with Gasteiger partial charge in [-0.05, 0) is 112 Å². The number of hydrogen-bond acceptors (Lipinski definition) is 2. The largest absolute Gasteiger partial charge is 0.381 e. The molecular weight excluding hydrogens is 500 g/mol. The molecule has 0 aliphatic carbocycles. The van der Waals surface area contributed by atoms with Crippen molar-refractivity contribution in [3.8, 4) is 11.1 Å². The van der Waals surface area contributed by atoms with E-state index in [1.165, 1.54) is 85.6 Å². The predicted molar refractivity (Wildman–Crippen MR) is 185 cm³/mol. The van der Waals surface area contributed by atoms with Crippen molar-refractivity contribution in [2.24, 2.45) is 5.92 Å². The van der Waals surface area contributed by atoms with Crippen LogP contribution in [0.4, 0.5) is 0 Å². The second-order valence-electron chi connectivity index (χ2n) is 11.0. The molecule has 1 unspecified atom stereocenters. The Morgan fingerprint density at radius 2 is 1.54 bits per heavy atom. The van der Waals surface area contributed by atoms with Crippen LogP contribution in [0.15, 0.2) is 66.8 Å². The topological polar surface area (TPSA) is 26.3 Å². The number of carbonyl (C=O) groups excluding carboxylic acids is 1. The van der Waals surface area contributed by atoms with Crippen LogP contribution in [0.5, 0.6) is 0 Å². The Hall–Kier alpha value is -2.45. The van der Waals surface area contributed by atoms with Gasteiger partial charge in [0.15, 0.2) is 5.78 Å². The monoisotopic (exact) mass is 564 g/mol. The molecule has 0 N–H and O–H groups in total. The lowest BCUT2D eigenvalue weighted by Crippen LogP contribution is -2.09. The van der Waals surface area contributed by atoms with E-state index in [1.807, 2.05) is 47.8 Å². The van der Waals surface area contributed by atoms with E-state index in [4.69, 9.17) is 4.74 Å². The molecule has 2 aromatic carbocycles. The maximum atomic E-state index is 10.3. The number of carbonyl (C=O) groups is 1. The Morgan fingerprint density at radius 3 is 2.05 bits per heavy atom. The van der Waals surface area contributed by atoms with Crippen LogP contribution < -0.4 is 0 Å². The lowest BCUT2D eigenvalue weighted by molar-refractivity contribution is -0.113. The van der Waals surface area contributed by atoms with Gasteiger partial charge in [-0.25, -0.2) is 0 Å². The third-order valence-electron chi connectivity index (χ3n) is 6.97. The van der Waals surface area contributed by atoms with Gasteiger partial charge >= 0.3 is 0 Å². The highest BCUT2D eigenvalue weighted by Crippen LogP contribution is 2.27. The third kappa shape index (κ3) is 20.1. The fraction of sp³-hybridized carbons (Fsp3) is 0.564. The van der Waals surface area contributed by atoms with Gasteiger partial charge in [-0.3, -0.25) is 4.79 Å². The molecule has 2 heteroatoms. The van der Waals surface area contributed by atoms with Gasteiger partial charge in [-0.1, -0.05) is 108 Å². The summed E-state index contributed by atoms with van der Waals surface area (Å²) in [4.78, 5) is 10.3. The lowest BCUT2D eigenvalue weighted by Gasteiger charge is -2.14.